The highest BCUT2D eigenvalue weighted by Gasteiger charge is 2.14. The number of para-hydroxylation sites is 1. The van der Waals surface area contributed by atoms with Crippen molar-refractivity contribution in [3.8, 4) is 5.75 Å². The van der Waals surface area contributed by atoms with E-state index in [1.807, 2.05) is 31.2 Å². The first-order valence-corrected chi connectivity index (χ1v) is 9.57. The Labute approximate surface area is 175 Å². The normalized spacial score (nSPS) is 11.4. The van der Waals surface area contributed by atoms with Gasteiger partial charge in [0.05, 0.1) is 36.9 Å². The summed E-state index contributed by atoms with van der Waals surface area (Å²) in [7, 11) is 3.16. The van der Waals surface area contributed by atoms with Gasteiger partial charge in [-0.05, 0) is 31.2 Å². The summed E-state index contributed by atoms with van der Waals surface area (Å²) in [6.07, 6.45) is 0. The van der Waals surface area contributed by atoms with Gasteiger partial charge in [-0.2, -0.15) is 0 Å². The Hall–Kier alpha value is -2.77. The number of hydrogen-bond acceptors (Lipinski definition) is 5. The lowest BCUT2D eigenvalue weighted by molar-refractivity contribution is -0.120. The average Bonchev–Trinajstić information content (AvgIpc) is 2.72. The van der Waals surface area contributed by atoms with Crippen molar-refractivity contribution >= 4 is 29.1 Å². The van der Waals surface area contributed by atoms with E-state index < -0.39 is 0 Å². The molecular formula is C21H26ClN3O4. The maximum absolute atomic E-state index is 12.3. The molecular weight excluding hydrogens is 394 g/mol. The Morgan fingerprint density at radius 1 is 1.14 bits per heavy atom. The molecule has 8 heteroatoms. The van der Waals surface area contributed by atoms with Gasteiger partial charge in [0.15, 0.2) is 0 Å². The molecule has 7 nitrogen and oxygen atoms in total. The number of amides is 2. The molecule has 0 heterocycles. The van der Waals surface area contributed by atoms with Gasteiger partial charge in [-0.25, -0.2) is 0 Å². The van der Waals surface area contributed by atoms with Crippen LogP contribution in [-0.4, -0.2) is 45.7 Å². The third-order valence-electron chi connectivity index (χ3n) is 4.24. The largest absolute Gasteiger partial charge is 0.496 e. The number of ether oxygens (including phenoxy) is 2. The molecule has 0 bridgehead atoms. The number of halogens is 1. The van der Waals surface area contributed by atoms with E-state index in [-0.39, 0.29) is 24.4 Å². The zero-order chi connectivity index (χ0) is 21.2. The number of nitrogens with one attached hydrogen (secondary N) is 3. The Bertz CT molecular complexity index is 844. The molecule has 0 saturated heterocycles. The Morgan fingerprint density at radius 3 is 2.59 bits per heavy atom. The van der Waals surface area contributed by atoms with Crippen molar-refractivity contribution in [1.29, 1.82) is 0 Å². The quantitative estimate of drug-likeness (QED) is 0.515. The van der Waals surface area contributed by atoms with Crippen molar-refractivity contribution in [2.75, 3.05) is 39.2 Å². The van der Waals surface area contributed by atoms with Crippen molar-refractivity contribution in [3.05, 3.63) is 58.6 Å². The molecule has 0 aliphatic carbocycles. The van der Waals surface area contributed by atoms with Gasteiger partial charge in [-0.3, -0.25) is 9.59 Å². The molecule has 156 valence electrons. The van der Waals surface area contributed by atoms with Gasteiger partial charge in [-0.1, -0.05) is 29.8 Å². The summed E-state index contributed by atoms with van der Waals surface area (Å²) in [6.45, 7) is 2.78. The smallest absolute Gasteiger partial charge is 0.252 e. The number of rotatable bonds is 10. The summed E-state index contributed by atoms with van der Waals surface area (Å²) in [4.78, 5) is 24.4. The highest BCUT2D eigenvalue weighted by Crippen LogP contribution is 2.24. The summed E-state index contributed by atoms with van der Waals surface area (Å²) in [5, 5.41) is 8.95. The molecule has 0 spiro atoms. The molecule has 29 heavy (non-hydrogen) atoms. The summed E-state index contributed by atoms with van der Waals surface area (Å²) >= 11 is 6.20. The van der Waals surface area contributed by atoms with E-state index in [0.29, 0.717) is 29.4 Å². The molecule has 2 amide bonds. The van der Waals surface area contributed by atoms with Crippen LogP contribution < -0.4 is 20.7 Å². The van der Waals surface area contributed by atoms with Gasteiger partial charge in [-0.15, -0.1) is 0 Å². The Kier molecular flexibility index (Phi) is 8.76. The van der Waals surface area contributed by atoms with Crippen LogP contribution in [-0.2, 0) is 9.53 Å². The van der Waals surface area contributed by atoms with Gasteiger partial charge < -0.3 is 25.4 Å². The molecule has 0 aliphatic heterocycles. The fraction of sp³-hybridized carbons (Fsp3) is 0.333. The van der Waals surface area contributed by atoms with E-state index in [1.165, 1.54) is 0 Å². The van der Waals surface area contributed by atoms with Crippen molar-refractivity contribution in [3.63, 3.8) is 0 Å². The Balaban J connectivity index is 1.90. The second-order valence-electron chi connectivity index (χ2n) is 6.33. The standard InChI is InChI=1S/C21H26ClN3O4/c1-14(16-6-4-5-7-19(16)29-3)25-20(26)13-24-15-8-9-17(18(22)12-15)21(27)23-10-11-28-2/h4-9,12,14,24H,10-11,13H2,1-3H3,(H,23,27)(H,25,26). The second kappa shape index (κ2) is 11.3. The minimum absolute atomic E-state index is 0.0647. The fourth-order valence-electron chi connectivity index (χ4n) is 2.75. The van der Waals surface area contributed by atoms with Crippen LogP contribution in [0.1, 0.15) is 28.9 Å². The summed E-state index contributed by atoms with van der Waals surface area (Å²) in [5.41, 5.74) is 1.90. The fourth-order valence-corrected chi connectivity index (χ4v) is 3.01. The van der Waals surface area contributed by atoms with Crippen LogP contribution in [0.3, 0.4) is 0 Å². The monoisotopic (exact) mass is 419 g/mol. The molecule has 0 aliphatic rings. The first kappa shape index (κ1) is 22.5. The molecule has 2 aromatic carbocycles. The predicted octanol–water partition coefficient (Wildman–Crippen LogP) is 3.01. The lowest BCUT2D eigenvalue weighted by atomic mass is 10.1. The maximum atomic E-state index is 12.3. The molecule has 0 aromatic heterocycles. The van der Waals surface area contributed by atoms with Gasteiger partial charge in [0.1, 0.15) is 5.75 Å². The number of benzene rings is 2. The van der Waals surface area contributed by atoms with Crippen molar-refractivity contribution in [2.45, 2.75) is 13.0 Å². The van der Waals surface area contributed by atoms with Crippen molar-refractivity contribution in [2.24, 2.45) is 0 Å². The van der Waals surface area contributed by atoms with Gasteiger partial charge >= 0.3 is 0 Å². The molecule has 1 unspecified atom stereocenters. The van der Waals surface area contributed by atoms with E-state index in [1.54, 1.807) is 32.4 Å². The zero-order valence-electron chi connectivity index (χ0n) is 16.8. The average molecular weight is 420 g/mol. The van der Waals surface area contributed by atoms with Gasteiger partial charge in [0.25, 0.3) is 5.91 Å². The van der Waals surface area contributed by atoms with Crippen molar-refractivity contribution < 1.29 is 19.1 Å². The Morgan fingerprint density at radius 2 is 1.90 bits per heavy atom. The van der Waals surface area contributed by atoms with Crippen LogP contribution in [0.2, 0.25) is 5.02 Å². The number of anilines is 1. The molecule has 0 radical (unpaired) electrons. The molecule has 2 rings (SSSR count). The lowest BCUT2D eigenvalue weighted by Crippen LogP contribution is -2.32. The van der Waals surface area contributed by atoms with E-state index in [9.17, 15) is 9.59 Å². The third-order valence-corrected chi connectivity index (χ3v) is 4.55. The number of methoxy groups -OCH3 is 2. The van der Waals surface area contributed by atoms with Gasteiger partial charge in [0.2, 0.25) is 5.91 Å². The van der Waals surface area contributed by atoms with Gasteiger partial charge in [0, 0.05) is 24.9 Å². The number of carbonyl (C=O) groups is 2. The number of carbonyl (C=O) groups excluding carboxylic acids is 2. The van der Waals surface area contributed by atoms with E-state index in [2.05, 4.69) is 16.0 Å². The van der Waals surface area contributed by atoms with E-state index in [0.717, 1.165) is 11.3 Å². The molecule has 3 N–H and O–H groups in total. The van der Waals surface area contributed by atoms with E-state index in [4.69, 9.17) is 21.1 Å². The minimum atomic E-state index is -0.276. The molecule has 0 fully saturated rings. The topological polar surface area (TPSA) is 88.7 Å². The van der Waals surface area contributed by atoms with Crippen LogP contribution in [0.5, 0.6) is 5.75 Å². The SMILES string of the molecule is COCCNC(=O)c1ccc(NCC(=O)NC(C)c2ccccc2OC)cc1Cl. The highest BCUT2D eigenvalue weighted by molar-refractivity contribution is 6.34. The van der Waals surface area contributed by atoms with Crippen LogP contribution >= 0.6 is 11.6 Å². The molecule has 0 saturated carbocycles. The van der Waals surface area contributed by atoms with E-state index >= 15 is 0 Å². The van der Waals surface area contributed by atoms with Crippen LogP contribution in [0.4, 0.5) is 5.69 Å². The maximum Gasteiger partial charge on any atom is 0.252 e. The summed E-state index contributed by atoms with van der Waals surface area (Å²) in [6, 6.07) is 12.3. The first-order chi connectivity index (χ1) is 14.0. The zero-order valence-corrected chi connectivity index (χ0v) is 17.5. The molecule has 2 aromatic rings. The summed E-state index contributed by atoms with van der Waals surface area (Å²) in [5.74, 6) is 0.266. The lowest BCUT2D eigenvalue weighted by Gasteiger charge is -2.17. The van der Waals surface area contributed by atoms with Crippen LogP contribution in [0.15, 0.2) is 42.5 Å². The highest BCUT2D eigenvalue weighted by atomic mass is 35.5. The number of hydrogen-bond donors (Lipinski definition) is 3. The second-order valence-corrected chi connectivity index (χ2v) is 6.74. The van der Waals surface area contributed by atoms with Crippen LogP contribution in [0.25, 0.3) is 0 Å². The molecule has 1 atom stereocenters. The minimum Gasteiger partial charge on any atom is -0.496 e. The summed E-state index contributed by atoms with van der Waals surface area (Å²) < 4.78 is 10.2. The first-order valence-electron chi connectivity index (χ1n) is 9.19. The predicted molar refractivity (Wildman–Crippen MR) is 114 cm³/mol. The van der Waals surface area contributed by atoms with Crippen molar-refractivity contribution in [1.82, 2.24) is 10.6 Å². The van der Waals surface area contributed by atoms with Crippen LogP contribution in [0, 0.1) is 0 Å². The third kappa shape index (κ3) is 6.66.